The van der Waals surface area contributed by atoms with E-state index in [1.54, 1.807) is 0 Å². The lowest BCUT2D eigenvalue weighted by Gasteiger charge is -2.37. The zero-order valence-electron chi connectivity index (χ0n) is 8.37. The van der Waals surface area contributed by atoms with Crippen LogP contribution in [0.2, 0.25) is 0 Å². The largest absolute Gasteiger partial charge is 0.474 e. The van der Waals surface area contributed by atoms with Gasteiger partial charge in [-0.3, -0.25) is 0 Å². The summed E-state index contributed by atoms with van der Waals surface area (Å²) in [5.74, 6) is 0.808. The molecule has 0 fully saturated rings. The number of allylic oxidation sites excluding steroid dienone is 2. The Morgan fingerprint density at radius 2 is 2.38 bits per heavy atom. The lowest BCUT2D eigenvalue weighted by Crippen LogP contribution is -2.39. The first-order chi connectivity index (χ1) is 6.12. The quantitative estimate of drug-likeness (QED) is 0.557. The fourth-order valence-electron chi connectivity index (χ4n) is 2.14. The molecule has 0 aromatic heterocycles. The second-order valence-corrected chi connectivity index (χ2v) is 3.92. The molecule has 0 aromatic carbocycles. The van der Waals surface area contributed by atoms with Gasteiger partial charge in [0.15, 0.2) is 5.90 Å². The smallest absolute Gasteiger partial charge is 0.181 e. The van der Waals surface area contributed by atoms with Crippen molar-refractivity contribution in [3.8, 4) is 0 Å². The summed E-state index contributed by atoms with van der Waals surface area (Å²) in [5.41, 5.74) is 1.25. The predicted molar refractivity (Wildman–Crippen MR) is 53.9 cm³/mol. The van der Waals surface area contributed by atoms with E-state index in [0.717, 1.165) is 12.3 Å². The fraction of sp³-hybridized carbons (Fsp3) is 0.545. The zero-order valence-corrected chi connectivity index (χ0v) is 8.37. The van der Waals surface area contributed by atoms with E-state index in [9.17, 15) is 0 Å². The average Bonchev–Trinajstić information content (AvgIpc) is 2.01. The number of fused-ring (bicyclic) bond motifs is 1. The van der Waals surface area contributed by atoms with Gasteiger partial charge in [-0.25, -0.2) is 4.99 Å². The van der Waals surface area contributed by atoms with E-state index in [0.29, 0.717) is 0 Å². The van der Waals surface area contributed by atoms with Gasteiger partial charge >= 0.3 is 0 Å². The Labute approximate surface area is 79.0 Å². The minimum atomic E-state index is -0.0451. The third-order valence-electron chi connectivity index (χ3n) is 2.74. The Bertz CT molecular complexity index is 314. The van der Waals surface area contributed by atoms with Crippen LogP contribution in [0.1, 0.15) is 27.2 Å². The Kier molecular flexibility index (Phi) is 1.79. The summed E-state index contributed by atoms with van der Waals surface area (Å²) in [7, 11) is 0. The predicted octanol–water partition coefficient (Wildman–Crippen LogP) is 2.47. The van der Waals surface area contributed by atoms with Crippen molar-refractivity contribution in [1.82, 2.24) is 0 Å². The van der Waals surface area contributed by atoms with Crippen molar-refractivity contribution in [3.05, 3.63) is 23.8 Å². The van der Waals surface area contributed by atoms with Crippen LogP contribution in [-0.2, 0) is 4.74 Å². The van der Waals surface area contributed by atoms with Gasteiger partial charge in [-0.15, -0.1) is 0 Å². The van der Waals surface area contributed by atoms with Crippen molar-refractivity contribution < 1.29 is 4.74 Å². The van der Waals surface area contributed by atoms with Crippen molar-refractivity contribution in [2.75, 3.05) is 0 Å². The first-order valence-electron chi connectivity index (χ1n) is 4.72. The van der Waals surface area contributed by atoms with E-state index in [2.05, 4.69) is 37.1 Å². The Morgan fingerprint density at radius 1 is 1.62 bits per heavy atom. The second kappa shape index (κ2) is 2.72. The highest BCUT2D eigenvalue weighted by Gasteiger charge is 2.36. The number of rotatable bonds is 0. The van der Waals surface area contributed by atoms with Crippen LogP contribution in [0.4, 0.5) is 0 Å². The van der Waals surface area contributed by atoms with E-state index < -0.39 is 0 Å². The molecule has 2 aliphatic rings. The summed E-state index contributed by atoms with van der Waals surface area (Å²) < 4.78 is 5.57. The van der Waals surface area contributed by atoms with Crippen LogP contribution in [0.15, 0.2) is 28.8 Å². The van der Waals surface area contributed by atoms with Gasteiger partial charge in [0.05, 0.1) is 5.54 Å². The van der Waals surface area contributed by atoms with E-state index in [-0.39, 0.29) is 11.6 Å². The fourth-order valence-corrected chi connectivity index (χ4v) is 2.14. The van der Waals surface area contributed by atoms with Crippen molar-refractivity contribution in [3.63, 3.8) is 0 Å². The lowest BCUT2D eigenvalue weighted by molar-refractivity contribution is 0.197. The Morgan fingerprint density at radius 3 is 3.15 bits per heavy atom. The standard InChI is InChI=1S/C11H15NO/c1-8-10-6-4-5-7-11(10,3)12-9(2)13-8/h4-6,8H,7H2,1-3H3. The highest BCUT2D eigenvalue weighted by molar-refractivity contribution is 5.76. The molecule has 2 nitrogen and oxygen atoms in total. The number of nitrogens with zero attached hydrogens (tertiary/aromatic N) is 1. The molecule has 70 valence electrons. The molecule has 2 atom stereocenters. The van der Waals surface area contributed by atoms with Gasteiger partial charge in [0.1, 0.15) is 6.10 Å². The van der Waals surface area contributed by atoms with Crippen LogP contribution in [0.5, 0.6) is 0 Å². The number of aliphatic imine (C=N–C) groups is 1. The van der Waals surface area contributed by atoms with Crippen LogP contribution in [-0.4, -0.2) is 17.5 Å². The van der Waals surface area contributed by atoms with Gasteiger partial charge in [-0.05, 0) is 25.8 Å². The van der Waals surface area contributed by atoms with Gasteiger partial charge in [-0.1, -0.05) is 18.2 Å². The van der Waals surface area contributed by atoms with E-state index >= 15 is 0 Å². The van der Waals surface area contributed by atoms with Gasteiger partial charge in [0, 0.05) is 6.92 Å². The molecule has 1 aliphatic heterocycles. The van der Waals surface area contributed by atoms with Crippen LogP contribution < -0.4 is 0 Å². The molecular formula is C11H15NO. The maximum atomic E-state index is 5.57. The van der Waals surface area contributed by atoms with E-state index in [1.807, 2.05) is 6.92 Å². The van der Waals surface area contributed by atoms with Gasteiger partial charge in [0.2, 0.25) is 0 Å². The second-order valence-electron chi connectivity index (χ2n) is 3.92. The van der Waals surface area contributed by atoms with Crippen molar-refractivity contribution in [2.24, 2.45) is 4.99 Å². The molecule has 2 heteroatoms. The Hall–Kier alpha value is -1.05. The maximum Gasteiger partial charge on any atom is 0.181 e. The highest BCUT2D eigenvalue weighted by atomic mass is 16.5. The third-order valence-corrected chi connectivity index (χ3v) is 2.74. The normalized spacial score (nSPS) is 37.3. The number of ether oxygens (including phenoxy) is 1. The number of hydrogen-bond acceptors (Lipinski definition) is 2. The Balaban J connectivity index is 2.45. The SMILES string of the molecule is CC1=NC2(C)CC=CC=C2C(C)O1. The zero-order chi connectivity index (χ0) is 9.47. The monoisotopic (exact) mass is 177 g/mol. The summed E-state index contributed by atoms with van der Waals surface area (Å²) in [6, 6.07) is 0. The summed E-state index contributed by atoms with van der Waals surface area (Å²) >= 11 is 0. The minimum Gasteiger partial charge on any atom is -0.474 e. The molecule has 0 N–H and O–H groups in total. The minimum absolute atomic E-state index is 0.0451. The molecule has 0 aromatic rings. The molecule has 0 saturated carbocycles. The van der Waals surface area contributed by atoms with Gasteiger partial charge < -0.3 is 4.74 Å². The molecule has 1 heterocycles. The van der Waals surface area contributed by atoms with Crippen molar-refractivity contribution in [1.29, 1.82) is 0 Å². The summed E-state index contributed by atoms with van der Waals surface area (Å²) in [5, 5.41) is 0. The average molecular weight is 177 g/mol. The van der Waals surface area contributed by atoms with Crippen LogP contribution in [0.25, 0.3) is 0 Å². The first kappa shape index (κ1) is 8.54. The van der Waals surface area contributed by atoms with E-state index in [1.165, 1.54) is 5.57 Å². The first-order valence-corrected chi connectivity index (χ1v) is 4.72. The van der Waals surface area contributed by atoms with Crippen molar-refractivity contribution >= 4 is 5.90 Å². The molecule has 2 unspecified atom stereocenters. The molecule has 0 spiro atoms. The summed E-state index contributed by atoms with van der Waals surface area (Å²) in [4.78, 5) is 4.56. The number of hydrogen-bond donors (Lipinski definition) is 0. The van der Waals surface area contributed by atoms with E-state index in [4.69, 9.17) is 4.74 Å². The van der Waals surface area contributed by atoms with Gasteiger partial charge in [-0.2, -0.15) is 0 Å². The maximum absolute atomic E-state index is 5.57. The lowest BCUT2D eigenvalue weighted by atomic mass is 9.82. The van der Waals surface area contributed by atoms with Gasteiger partial charge in [0.25, 0.3) is 0 Å². The molecule has 0 radical (unpaired) electrons. The third kappa shape index (κ3) is 1.30. The molecule has 1 aliphatic carbocycles. The van der Waals surface area contributed by atoms with Crippen LogP contribution in [0.3, 0.4) is 0 Å². The summed E-state index contributed by atoms with van der Waals surface area (Å²) in [6.07, 6.45) is 7.55. The molecule has 0 bridgehead atoms. The molecule has 0 amide bonds. The molecule has 2 rings (SSSR count). The van der Waals surface area contributed by atoms with Crippen LogP contribution in [0, 0.1) is 0 Å². The topological polar surface area (TPSA) is 21.6 Å². The van der Waals surface area contributed by atoms with Crippen molar-refractivity contribution in [2.45, 2.75) is 38.8 Å². The van der Waals surface area contributed by atoms with Crippen LogP contribution >= 0.6 is 0 Å². The molecule has 0 saturated heterocycles. The molecular weight excluding hydrogens is 162 g/mol. The molecule has 13 heavy (non-hydrogen) atoms. The summed E-state index contributed by atoms with van der Waals surface area (Å²) in [6.45, 7) is 6.18. The highest BCUT2D eigenvalue weighted by Crippen LogP contribution is 2.35.